The van der Waals surface area contributed by atoms with E-state index < -0.39 is 28.7 Å². The van der Waals surface area contributed by atoms with Crippen LogP contribution in [0.25, 0.3) is 5.57 Å². The van der Waals surface area contributed by atoms with Crippen LogP contribution >= 0.6 is 10.7 Å². The van der Waals surface area contributed by atoms with Gasteiger partial charge in [0.2, 0.25) is 5.91 Å². The maximum atomic E-state index is 14.4. The van der Waals surface area contributed by atoms with Crippen molar-refractivity contribution < 1.29 is 18.7 Å². The van der Waals surface area contributed by atoms with Crippen molar-refractivity contribution in [3.63, 3.8) is 0 Å². The molecule has 10 heteroatoms. The van der Waals surface area contributed by atoms with Crippen LogP contribution in [-0.2, 0) is 11.3 Å². The number of halogens is 2. The molecule has 0 radical (unpaired) electrons. The van der Waals surface area contributed by atoms with Gasteiger partial charge in [0.25, 0.3) is 0 Å². The van der Waals surface area contributed by atoms with Crippen molar-refractivity contribution in [1.29, 1.82) is 0 Å². The highest BCUT2D eigenvalue weighted by atomic mass is 32.2. The normalized spacial score (nSPS) is 26.9. The number of benzene rings is 1. The molecule has 2 aromatic rings. The van der Waals surface area contributed by atoms with Gasteiger partial charge in [-0.15, -0.1) is 0 Å². The Morgan fingerprint density at radius 1 is 1.33 bits per heavy atom. The number of dihydropyridines is 1. The van der Waals surface area contributed by atoms with Crippen LogP contribution in [0.3, 0.4) is 0 Å². The number of aliphatic hydroxyl groups excluding tert-OH is 1. The van der Waals surface area contributed by atoms with E-state index in [4.69, 9.17) is 0 Å². The van der Waals surface area contributed by atoms with Crippen molar-refractivity contribution in [2.24, 2.45) is 5.92 Å². The minimum absolute atomic E-state index is 0.000551. The highest BCUT2D eigenvalue weighted by Gasteiger charge is 2.40. The van der Waals surface area contributed by atoms with E-state index in [9.17, 15) is 18.7 Å². The number of hydrogen-bond acceptors (Lipinski definition) is 5. The van der Waals surface area contributed by atoms with Crippen LogP contribution in [0, 0.1) is 11.7 Å². The van der Waals surface area contributed by atoms with Gasteiger partial charge in [-0.05, 0) is 56.0 Å². The summed E-state index contributed by atoms with van der Waals surface area (Å²) in [5.74, 6) is -0.0975. The van der Waals surface area contributed by atoms with Crippen LogP contribution in [0.4, 0.5) is 8.78 Å². The summed E-state index contributed by atoms with van der Waals surface area (Å²) in [6.07, 6.45) is 8.97. The second-order valence-corrected chi connectivity index (χ2v) is 11.3. The molecule has 4 atom stereocenters. The summed E-state index contributed by atoms with van der Waals surface area (Å²) >= 11 is 0. The fourth-order valence-electron chi connectivity index (χ4n) is 4.68. The Bertz CT molecular complexity index is 1230. The molecule has 3 aliphatic rings. The van der Waals surface area contributed by atoms with E-state index in [1.54, 1.807) is 4.31 Å². The van der Waals surface area contributed by atoms with Gasteiger partial charge in [-0.3, -0.25) is 4.79 Å². The Labute approximate surface area is 211 Å². The van der Waals surface area contributed by atoms with Gasteiger partial charge < -0.3 is 15.7 Å². The maximum Gasteiger partial charge on any atom is 0.238 e. The predicted octanol–water partition coefficient (Wildman–Crippen LogP) is 3.87. The summed E-state index contributed by atoms with van der Waals surface area (Å²) in [6, 6.07) is 6.68. The molecule has 2 aliphatic heterocycles. The topological polar surface area (TPSA) is 90.4 Å². The van der Waals surface area contributed by atoms with Crippen LogP contribution in [0.5, 0.6) is 0 Å². The lowest BCUT2D eigenvalue weighted by Gasteiger charge is -2.30. The van der Waals surface area contributed by atoms with Gasteiger partial charge in [0.05, 0.1) is 29.0 Å². The van der Waals surface area contributed by atoms with Crippen molar-refractivity contribution in [1.82, 2.24) is 24.9 Å². The molecule has 190 valence electrons. The van der Waals surface area contributed by atoms with Crippen LogP contribution in [0.15, 0.2) is 59.9 Å². The first-order valence-corrected chi connectivity index (χ1v) is 13.2. The molecule has 1 saturated heterocycles. The number of nitrogens with one attached hydrogen (secondary N) is 2. The number of carbonyl (C=O) groups excluding carboxylic acids is 1. The molecule has 5 rings (SSSR count). The second kappa shape index (κ2) is 10.2. The average molecular weight is 514 g/mol. The van der Waals surface area contributed by atoms with E-state index in [-0.39, 0.29) is 31.0 Å². The number of aliphatic hydroxyl groups is 1. The molecule has 1 saturated carbocycles. The molecule has 0 spiro atoms. The van der Waals surface area contributed by atoms with Gasteiger partial charge in [-0.25, -0.2) is 23.1 Å². The van der Waals surface area contributed by atoms with E-state index in [1.807, 2.05) is 12.3 Å². The molecule has 2 unspecified atom stereocenters. The number of hydrogen-bond donors (Lipinski definition) is 3. The molecule has 1 aromatic carbocycles. The quantitative estimate of drug-likeness (QED) is 0.487. The minimum atomic E-state index is -1.21. The van der Waals surface area contributed by atoms with E-state index in [1.165, 1.54) is 43.4 Å². The summed E-state index contributed by atoms with van der Waals surface area (Å²) in [7, 11) is -1.06. The third kappa shape index (κ3) is 5.25. The monoisotopic (exact) mass is 513 g/mol. The Balaban J connectivity index is 1.25. The van der Waals surface area contributed by atoms with Gasteiger partial charge >= 0.3 is 0 Å². The van der Waals surface area contributed by atoms with Crippen molar-refractivity contribution in [3.8, 4) is 0 Å². The molecule has 36 heavy (non-hydrogen) atoms. The predicted molar refractivity (Wildman–Crippen MR) is 136 cm³/mol. The molecule has 3 N–H and O–H groups in total. The van der Waals surface area contributed by atoms with Crippen LogP contribution in [0.1, 0.15) is 37.6 Å². The SMILES string of the molecule is CC1(C2CC2)C=CC(c2cc(CNC(=O)[C@@H]3C[C@@H](F)CN3/S(=C/O)c3ccc(F)cc3)ncn2)=CN1. The Kier molecular flexibility index (Phi) is 7.00. The van der Waals surface area contributed by atoms with Gasteiger partial charge in [0, 0.05) is 29.6 Å². The maximum absolute atomic E-state index is 14.4. The third-order valence-electron chi connectivity index (χ3n) is 6.95. The smallest absolute Gasteiger partial charge is 0.238 e. The molecule has 1 aliphatic carbocycles. The Morgan fingerprint density at radius 2 is 2.11 bits per heavy atom. The van der Waals surface area contributed by atoms with Gasteiger partial charge in [0.15, 0.2) is 0 Å². The second-order valence-electron chi connectivity index (χ2n) is 9.57. The summed E-state index contributed by atoms with van der Waals surface area (Å²) in [5, 5.41) is 16.2. The number of amides is 1. The first-order valence-electron chi connectivity index (χ1n) is 12.0. The van der Waals surface area contributed by atoms with Gasteiger partial charge in [-0.1, -0.05) is 22.8 Å². The van der Waals surface area contributed by atoms with Gasteiger partial charge in [-0.2, -0.15) is 0 Å². The molecule has 1 aromatic heterocycles. The fourth-order valence-corrected chi connectivity index (χ4v) is 6.39. The molecule has 3 heterocycles. The van der Waals surface area contributed by atoms with E-state index in [0.29, 0.717) is 16.5 Å². The summed E-state index contributed by atoms with van der Waals surface area (Å²) in [5.41, 5.74) is 3.23. The molecule has 2 fully saturated rings. The zero-order valence-electron chi connectivity index (χ0n) is 19.9. The van der Waals surface area contributed by atoms with Gasteiger partial charge in [0.1, 0.15) is 24.4 Å². The van der Waals surface area contributed by atoms with E-state index in [0.717, 1.165) is 16.8 Å². The molecular weight excluding hydrogens is 484 g/mol. The average Bonchev–Trinajstić information content (AvgIpc) is 3.68. The Hall–Kier alpha value is -2.95. The lowest BCUT2D eigenvalue weighted by atomic mass is 9.91. The lowest BCUT2D eigenvalue weighted by molar-refractivity contribution is -0.124. The first kappa shape index (κ1) is 24.7. The molecular formula is C26H29F2N5O2S. The lowest BCUT2D eigenvalue weighted by Crippen LogP contribution is -2.41. The zero-order valence-corrected chi connectivity index (χ0v) is 20.7. The number of rotatable bonds is 7. The molecule has 0 bridgehead atoms. The highest BCUT2D eigenvalue weighted by molar-refractivity contribution is 8.12. The summed E-state index contributed by atoms with van der Waals surface area (Å²) in [6.45, 7) is 2.35. The van der Waals surface area contributed by atoms with E-state index >= 15 is 0 Å². The van der Waals surface area contributed by atoms with Crippen LogP contribution in [-0.4, -0.2) is 55.1 Å². The zero-order chi connectivity index (χ0) is 25.3. The number of carbonyl (C=O) groups is 1. The van der Waals surface area contributed by atoms with Crippen LogP contribution in [0.2, 0.25) is 0 Å². The molecule has 7 nitrogen and oxygen atoms in total. The number of alkyl halides is 1. The van der Waals surface area contributed by atoms with Crippen molar-refractivity contribution in [3.05, 3.63) is 72.2 Å². The Morgan fingerprint density at radius 3 is 2.78 bits per heavy atom. The standard InChI is InChI=1S/C26H29F2N5O2S/c1-26(18-2-3-18)9-8-17(12-32-26)23-11-21(30-15-31-23)13-29-25(35)24-10-20(28)14-33(24)36(16-34)22-6-4-19(27)5-7-22/h4-9,11-12,15-16,18,20,24,32,34H,2-3,10,13-14H2,1H3,(H,29,35)/t20-,24+,26?,36?/m1/s1. The largest absolute Gasteiger partial charge is 0.381 e. The number of allylic oxidation sites excluding steroid dienone is 2. The summed E-state index contributed by atoms with van der Waals surface area (Å²) < 4.78 is 29.3. The molecule has 1 amide bonds. The number of nitrogens with zero attached hydrogens (tertiary/aromatic N) is 3. The first-order chi connectivity index (χ1) is 17.4. The van der Waals surface area contributed by atoms with Crippen LogP contribution < -0.4 is 10.6 Å². The highest BCUT2D eigenvalue weighted by Crippen LogP contribution is 2.42. The third-order valence-corrected chi connectivity index (χ3v) is 8.82. The van der Waals surface area contributed by atoms with Crippen molar-refractivity contribution in [2.45, 2.75) is 55.4 Å². The van der Waals surface area contributed by atoms with Crippen molar-refractivity contribution in [2.75, 3.05) is 6.54 Å². The number of aromatic nitrogens is 2. The van der Waals surface area contributed by atoms with Crippen molar-refractivity contribution >= 4 is 27.7 Å². The fraction of sp³-hybridized carbons (Fsp3) is 0.385. The van der Waals surface area contributed by atoms with E-state index in [2.05, 4.69) is 39.7 Å². The summed E-state index contributed by atoms with van der Waals surface area (Å²) in [4.78, 5) is 22.3. The minimum Gasteiger partial charge on any atom is -0.381 e.